The zero-order valence-corrected chi connectivity index (χ0v) is 21.9. The average Bonchev–Trinajstić information content (AvgIpc) is 2.94. The Bertz CT molecular complexity index is 772. The topological polar surface area (TPSA) is 15.6 Å². The van der Waals surface area contributed by atoms with E-state index >= 15 is 0 Å². The molecule has 2 aromatic carbocycles. The molecule has 0 N–H and O–H groups in total. The first-order chi connectivity index (χ1) is 13.5. The fraction of sp³-hybridized carbons (Fsp3) is 0.435. The van der Waals surface area contributed by atoms with Gasteiger partial charge in [0, 0.05) is 26.1 Å². The molecular weight excluding hydrogens is 584 g/mol. The number of fused-ring (bicyclic) bond motifs is 1. The molecule has 0 atom stereocenters. The third-order valence-corrected chi connectivity index (χ3v) is 20.4. The van der Waals surface area contributed by atoms with Crippen LogP contribution in [0.3, 0.4) is 0 Å². The predicted octanol–water partition coefficient (Wildman–Crippen LogP) is 5.00. The first kappa shape index (κ1) is 22.1. The Balaban J connectivity index is 0.000000176. The van der Waals surface area contributed by atoms with Crippen molar-refractivity contribution in [2.24, 2.45) is 4.99 Å². The van der Waals surface area contributed by atoms with E-state index in [4.69, 9.17) is 17.0 Å². The predicted molar refractivity (Wildman–Crippen MR) is 126 cm³/mol. The second-order valence-corrected chi connectivity index (χ2v) is 25.7. The molecule has 2 nitrogen and oxygen atoms in total. The Morgan fingerprint density at radius 1 is 0.786 bits per heavy atom. The number of hydrogen-bond donors (Lipinski definition) is 0. The monoisotopic (exact) mass is 613 g/mol. The molecule has 0 unspecified atom stereocenters. The minimum atomic E-state index is -3.49. The fourth-order valence-corrected chi connectivity index (χ4v) is 17.6. The second-order valence-electron chi connectivity index (χ2n) is 7.54. The van der Waals surface area contributed by atoms with E-state index in [1.807, 2.05) is 24.3 Å². The van der Waals surface area contributed by atoms with Crippen molar-refractivity contribution in [1.29, 1.82) is 0 Å². The molecule has 0 aliphatic carbocycles. The molecule has 151 valence electrons. The van der Waals surface area contributed by atoms with E-state index in [2.05, 4.69) is 48.0 Å². The van der Waals surface area contributed by atoms with Crippen molar-refractivity contribution in [1.82, 2.24) is 4.90 Å². The minimum absolute atomic E-state index is 1.08. The van der Waals surface area contributed by atoms with Gasteiger partial charge in [0.25, 0.3) is 0 Å². The number of aryl methyl sites for hydroxylation is 2. The van der Waals surface area contributed by atoms with Gasteiger partial charge < -0.3 is 4.90 Å². The van der Waals surface area contributed by atoms with Gasteiger partial charge in [-0.25, -0.2) is 0 Å². The Morgan fingerprint density at radius 2 is 1.36 bits per heavy atom. The van der Waals surface area contributed by atoms with Crippen molar-refractivity contribution >= 4 is 47.3 Å². The molecule has 5 heteroatoms. The molecule has 2 aromatic rings. The molecule has 1 radical (unpaired) electrons. The molecule has 0 amide bonds. The normalized spacial score (nSPS) is 17.0. The molecule has 2 aliphatic rings. The molecule has 2 heterocycles. The van der Waals surface area contributed by atoms with Gasteiger partial charge in [-0.05, 0) is 19.3 Å². The summed E-state index contributed by atoms with van der Waals surface area (Å²) in [6, 6.07) is 16.4. The van der Waals surface area contributed by atoms with Crippen LogP contribution < -0.4 is 6.54 Å². The van der Waals surface area contributed by atoms with E-state index in [0.29, 0.717) is 0 Å². The number of amidine groups is 1. The van der Waals surface area contributed by atoms with E-state index in [1.54, 1.807) is 0 Å². The van der Waals surface area contributed by atoms with Gasteiger partial charge in [-0.1, -0.05) is 6.42 Å². The summed E-state index contributed by atoms with van der Waals surface area (Å²) in [7, 11) is 13.6. The number of halogens is 2. The molecule has 0 aromatic heterocycles. The van der Waals surface area contributed by atoms with Crippen molar-refractivity contribution in [3.05, 3.63) is 59.7 Å². The molecule has 0 saturated carbocycles. The maximum atomic E-state index is 6.78. The van der Waals surface area contributed by atoms with Gasteiger partial charge in [0.2, 0.25) is 0 Å². The first-order valence-electron chi connectivity index (χ1n) is 10.2. The number of aliphatic imine (C=N–C) groups is 1. The molecule has 0 bridgehead atoms. The van der Waals surface area contributed by atoms with Crippen molar-refractivity contribution in [2.75, 3.05) is 19.6 Å². The molecule has 28 heavy (non-hydrogen) atoms. The van der Waals surface area contributed by atoms with Gasteiger partial charge in [-0.2, -0.15) is 0 Å². The Kier molecular flexibility index (Phi) is 8.21. The molecule has 1 fully saturated rings. The van der Waals surface area contributed by atoms with Gasteiger partial charge in [-0.15, -0.1) is 0 Å². The summed E-state index contributed by atoms with van der Waals surface area (Å²) in [6.45, 7) is 7.75. The molecular formula is C23H30BiCl2N2. The van der Waals surface area contributed by atoms with Crippen LogP contribution in [-0.2, 0) is 0 Å². The molecule has 1 saturated heterocycles. The number of hydrogen-bond acceptors (Lipinski definition) is 2. The summed E-state index contributed by atoms with van der Waals surface area (Å²) in [4.78, 5) is 7.04. The Hall–Kier alpha value is -0.627. The van der Waals surface area contributed by atoms with Crippen molar-refractivity contribution in [2.45, 2.75) is 46.0 Å². The van der Waals surface area contributed by atoms with Crippen molar-refractivity contribution < 1.29 is 0 Å². The van der Waals surface area contributed by atoms with Crippen LogP contribution in [0.2, 0.25) is 0 Å². The second kappa shape index (κ2) is 10.4. The number of rotatable bonds is 2. The summed E-state index contributed by atoms with van der Waals surface area (Å²) in [5.41, 5.74) is 2.39. The summed E-state index contributed by atoms with van der Waals surface area (Å²) in [5.74, 6) is 1.40. The van der Waals surface area contributed by atoms with Gasteiger partial charge >= 0.3 is 115 Å². The van der Waals surface area contributed by atoms with Crippen LogP contribution in [0.4, 0.5) is 0 Å². The van der Waals surface area contributed by atoms with Crippen LogP contribution in [0.5, 0.6) is 0 Å². The van der Waals surface area contributed by atoms with Gasteiger partial charge in [0.1, 0.15) is 0 Å². The third kappa shape index (κ3) is 5.50. The van der Waals surface area contributed by atoms with Crippen LogP contribution >= 0.6 is 17.0 Å². The third-order valence-electron chi connectivity index (χ3n) is 5.41. The summed E-state index contributed by atoms with van der Waals surface area (Å²) < 4.78 is 2.32. The quantitative estimate of drug-likeness (QED) is 0.435. The molecule has 2 aliphatic heterocycles. The summed E-state index contributed by atoms with van der Waals surface area (Å²) in [5, 5.41) is 0. The fourth-order valence-electron chi connectivity index (χ4n) is 3.83. The Morgan fingerprint density at radius 3 is 1.96 bits per heavy atom. The Labute approximate surface area is 181 Å². The van der Waals surface area contributed by atoms with Crippen LogP contribution in [-0.4, -0.2) is 48.2 Å². The average molecular weight is 614 g/mol. The van der Waals surface area contributed by atoms with Crippen LogP contribution in [0.15, 0.2) is 53.5 Å². The van der Waals surface area contributed by atoms with Gasteiger partial charge in [0.05, 0.1) is 5.84 Å². The number of nitrogens with zero attached hydrogens (tertiary/aromatic N) is 2. The maximum absolute atomic E-state index is 6.78. The van der Waals surface area contributed by atoms with Crippen LogP contribution in [0, 0.1) is 13.8 Å². The zero-order chi connectivity index (χ0) is 20.0. The van der Waals surface area contributed by atoms with E-state index in [-0.39, 0.29) is 0 Å². The van der Waals surface area contributed by atoms with Gasteiger partial charge in [0.15, 0.2) is 0 Å². The van der Waals surface area contributed by atoms with E-state index in [0.717, 1.165) is 13.1 Å². The first-order valence-corrected chi connectivity index (χ1v) is 22.2. The van der Waals surface area contributed by atoms with Crippen molar-refractivity contribution in [3.63, 3.8) is 0 Å². The molecule has 4 rings (SSSR count). The van der Waals surface area contributed by atoms with Crippen molar-refractivity contribution in [3.8, 4) is 0 Å². The van der Waals surface area contributed by atoms with Crippen LogP contribution in [0.1, 0.15) is 43.2 Å². The summed E-state index contributed by atoms with van der Waals surface area (Å²) in [6.07, 6.45) is 6.63. The number of benzene rings is 2. The molecule has 0 spiro atoms. The summed E-state index contributed by atoms with van der Waals surface area (Å²) >= 11 is -3.49. The van der Waals surface area contributed by atoms with E-state index in [1.165, 1.54) is 62.2 Å². The van der Waals surface area contributed by atoms with Crippen LogP contribution in [0.25, 0.3) is 0 Å². The zero-order valence-electron chi connectivity index (χ0n) is 16.9. The van der Waals surface area contributed by atoms with E-state index < -0.39 is 17.9 Å². The van der Waals surface area contributed by atoms with Gasteiger partial charge in [-0.3, -0.25) is 4.99 Å². The standard InChI is InChI=1S/C9H16N2.2C7H7.Bi.2ClH/c1-2-5-9-10-6-4-8-11(9)7-3-1;2*1-7-5-3-2-4-6-7;;;/h1-8H2;2*2-5H,1H3;;2*1H/q;;;+2;;/p-2. The SMILES string of the molecule is C1CCC2=NCCCN2CC1.Cc1cccc[c]1[Bi]([Cl])([Cl])[c]1ccccc1C. The van der Waals surface area contributed by atoms with E-state index in [9.17, 15) is 0 Å².